The van der Waals surface area contributed by atoms with Crippen molar-refractivity contribution in [2.45, 2.75) is 43.5 Å². The summed E-state index contributed by atoms with van der Waals surface area (Å²) in [4.78, 5) is 18.1. The van der Waals surface area contributed by atoms with Gasteiger partial charge in [0.05, 0.1) is 32.0 Å². The lowest BCUT2D eigenvalue weighted by atomic mass is 9.92. The maximum atomic E-state index is 12.2. The van der Waals surface area contributed by atoms with E-state index in [1.807, 2.05) is 37.4 Å². The first-order valence-electron chi connectivity index (χ1n) is 7.97. The van der Waals surface area contributed by atoms with Gasteiger partial charge in [-0.15, -0.1) is 0 Å². The largest absolute Gasteiger partial charge is 0.469 e. The van der Waals surface area contributed by atoms with Gasteiger partial charge in [-0.1, -0.05) is 30.3 Å². The van der Waals surface area contributed by atoms with E-state index in [0.717, 1.165) is 5.56 Å². The lowest BCUT2D eigenvalue weighted by Gasteiger charge is -2.29. The van der Waals surface area contributed by atoms with Crippen LogP contribution in [0.25, 0.3) is 0 Å². The molecule has 23 heavy (non-hydrogen) atoms. The van der Waals surface area contributed by atoms with Crippen LogP contribution in [0.1, 0.15) is 12.0 Å². The van der Waals surface area contributed by atoms with Gasteiger partial charge in [-0.05, 0) is 5.56 Å². The fourth-order valence-electron chi connectivity index (χ4n) is 3.84. The third-order valence-corrected chi connectivity index (χ3v) is 5.00. The minimum atomic E-state index is -0.331. The molecule has 1 aliphatic carbocycles. The Morgan fingerprint density at radius 2 is 2.09 bits per heavy atom. The Morgan fingerprint density at radius 1 is 1.30 bits per heavy atom. The van der Waals surface area contributed by atoms with Crippen LogP contribution in [0.5, 0.6) is 0 Å². The molecular weight excluding hydrogens is 298 g/mol. The van der Waals surface area contributed by atoms with Crippen molar-refractivity contribution in [3.05, 3.63) is 35.9 Å². The molecule has 1 aromatic carbocycles. The van der Waals surface area contributed by atoms with E-state index in [1.165, 1.54) is 7.11 Å². The number of carbonyl (C=O) groups is 1. The van der Waals surface area contributed by atoms with Gasteiger partial charge in [0, 0.05) is 13.5 Å². The molecule has 6 atom stereocenters. The highest BCUT2D eigenvalue weighted by Gasteiger charge is 2.62. The number of hydrogen-bond acceptors (Lipinski definition) is 6. The molecule has 3 aliphatic rings. The van der Waals surface area contributed by atoms with Gasteiger partial charge in [0.1, 0.15) is 18.1 Å². The highest BCUT2D eigenvalue weighted by molar-refractivity contribution is 5.74. The van der Waals surface area contributed by atoms with E-state index in [-0.39, 0.29) is 42.3 Å². The maximum absolute atomic E-state index is 12.2. The summed E-state index contributed by atoms with van der Waals surface area (Å²) < 4.78 is 16.9. The lowest BCUT2D eigenvalue weighted by molar-refractivity contribution is -0.170. The highest BCUT2D eigenvalue weighted by Crippen LogP contribution is 2.46. The van der Waals surface area contributed by atoms with E-state index < -0.39 is 0 Å². The fraction of sp³-hybridized carbons (Fsp3) is 0.588. The Morgan fingerprint density at radius 3 is 2.83 bits per heavy atom. The smallest absolute Gasteiger partial charge is 0.313 e. The molecule has 2 heterocycles. The summed E-state index contributed by atoms with van der Waals surface area (Å²) in [6.07, 6.45) is 0.453. The molecule has 0 radical (unpaired) electrons. The molecule has 0 N–H and O–H groups in total. The fourth-order valence-corrected chi connectivity index (χ4v) is 3.84. The Hall–Kier alpha value is -1.47. The molecule has 4 rings (SSSR count). The van der Waals surface area contributed by atoms with Crippen LogP contribution >= 0.6 is 0 Å². The van der Waals surface area contributed by atoms with Gasteiger partial charge in [-0.3, -0.25) is 9.63 Å². The van der Waals surface area contributed by atoms with E-state index in [4.69, 9.17) is 19.0 Å². The summed E-state index contributed by atoms with van der Waals surface area (Å²) in [5, 5.41) is 1.75. The molecule has 6 nitrogen and oxygen atoms in total. The van der Waals surface area contributed by atoms with E-state index in [9.17, 15) is 4.79 Å². The second-order valence-corrected chi connectivity index (χ2v) is 6.37. The Labute approximate surface area is 135 Å². The van der Waals surface area contributed by atoms with Gasteiger partial charge < -0.3 is 14.2 Å². The number of epoxide rings is 1. The number of likely N-dealkylation sites (N-methyl/N-ethyl adjacent to an activating group) is 1. The van der Waals surface area contributed by atoms with Crippen molar-refractivity contribution in [2.75, 3.05) is 14.2 Å². The maximum Gasteiger partial charge on any atom is 0.313 e. The summed E-state index contributed by atoms with van der Waals surface area (Å²) in [7, 11) is 3.27. The summed E-state index contributed by atoms with van der Waals surface area (Å²) in [6, 6.07) is 9.81. The number of hydrogen-bond donors (Lipinski definition) is 0. The molecule has 2 saturated heterocycles. The average Bonchev–Trinajstić information content (AvgIpc) is 3.24. The summed E-state index contributed by atoms with van der Waals surface area (Å²) in [6.45, 7) is 0.487. The normalized spacial score (nSPS) is 38.7. The Balaban J connectivity index is 1.55. The first-order chi connectivity index (χ1) is 11.2. The quantitative estimate of drug-likeness (QED) is 0.613. The number of fused-ring (bicyclic) bond motifs is 3. The molecule has 124 valence electrons. The highest BCUT2D eigenvalue weighted by atomic mass is 16.7. The van der Waals surface area contributed by atoms with E-state index in [1.54, 1.807) is 5.06 Å². The first kappa shape index (κ1) is 15.1. The molecule has 0 amide bonds. The van der Waals surface area contributed by atoms with E-state index in [2.05, 4.69) is 0 Å². The number of nitrogens with zero attached hydrogens (tertiary/aromatic N) is 1. The standard InChI is InChI=1S/C17H21NO5/c1-18-14-13(17(19)20-2)11(23-18)8-12-15(22-12)16(14)21-9-10-6-4-3-5-7-10/h3-7,11-16H,8-9H2,1-2H3/t11-,12-,13-,14-,15-,16+/m0/s1. The zero-order valence-electron chi connectivity index (χ0n) is 13.3. The number of carbonyl (C=O) groups excluding carboxylic acids is 1. The minimum Gasteiger partial charge on any atom is -0.469 e. The van der Waals surface area contributed by atoms with Gasteiger partial charge in [0.15, 0.2) is 0 Å². The molecule has 2 bridgehead atoms. The van der Waals surface area contributed by atoms with Crippen molar-refractivity contribution < 1.29 is 23.8 Å². The molecule has 1 aromatic rings. The average molecular weight is 319 g/mol. The van der Waals surface area contributed by atoms with Crippen molar-refractivity contribution in [3.63, 3.8) is 0 Å². The Kier molecular flexibility index (Phi) is 3.85. The second-order valence-electron chi connectivity index (χ2n) is 6.37. The third-order valence-electron chi connectivity index (χ3n) is 5.00. The topological polar surface area (TPSA) is 60.5 Å². The van der Waals surface area contributed by atoms with Gasteiger partial charge in [-0.2, -0.15) is 5.06 Å². The first-order valence-corrected chi connectivity index (χ1v) is 7.97. The van der Waals surface area contributed by atoms with E-state index >= 15 is 0 Å². The molecule has 2 aliphatic heterocycles. The predicted molar refractivity (Wildman–Crippen MR) is 80.2 cm³/mol. The molecule has 1 saturated carbocycles. The van der Waals surface area contributed by atoms with Gasteiger partial charge in [0.25, 0.3) is 0 Å². The molecule has 0 aromatic heterocycles. The molecule has 0 spiro atoms. The summed E-state index contributed by atoms with van der Waals surface area (Å²) in [5.74, 6) is -0.568. The molecular formula is C17H21NO5. The van der Waals surface area contributed by atoms with Gasteiger partial charge in [0.2, 0.25) is 0 Å². The van der Waals surface area contributed by atoms with E-state index in [0.29, 0.717) is 13.0 Å². The SMILES string of the molecule is COC(=O)[C@@H]1[C@H]2[C@@H](OCc3ccccc3)[C@H]3O[C@H]3C[C@@H]1ON2C. The van der Waals surface area contributed by atoms with Crippen LogP contribution in [0.2, 0.25) is 0 Å². The zero-order valence-corrected chi connectivity index (χ0v) is 13.3. The van der Waals surface area contributed by atoms with Crippen LogP contribution in [0.15, 0.2) is 30.3 Å². The van der Waals surface area contributed by atoms with Crippen LogP contribution in [0.3, 0.4) is 0 Å². The van der Waals surface area contributed by atoms with Crippen molar-refractivity contribution in [2.24, 2.45) is 5.92 Å². The van der Waals surface area contributed by atoms with Crippen LogP contribution in [0, 0.1) is 5.92 Å². The molecule has 0 unspecified atom stereocenters. The lowest BCUT2D eigenvalue weighted by Crippen LogP contribution is -2.47. The Bertz CT molecular complexity index is 580. The summed E-state index contributed by atoms with van der Waals surface area (Å²) >= 11 is 0. The van der Waals surface area contributed by atoms with Crippen LogP contribution < -0.4 is 0 Å². The number of benzene rings is 1. The number of hydroxylamine groups is 2. The molecule has 6 heteroatoms. The monoisotopic (exact) mass is 319 g/mol. The number of rotatable bonds is 4. The predicted octanol–water partition coefficient (Wildman–Crippen LogP) is 1.15. The molecule has 3 fully saturated rings. The van der Waals surface area contributed by atoms with Crippen LogP contribution in [-0.4, -0.2) is 55.6 Å². The number of esters is 1. The van der Waals surface area contributed by atoms with Crippen molar-refractivity contribution in [3.8, 4) is 0 Å². The number of ether oxygens (including phenoxy) is 3. The third kappa shape index (κ3) is 2.65. The van der Waals surface area contributed by atoms with Crippen molar-refractivity contribution in [1.29, 1.82) is 0 Å². The van der Waals surface area contributed by atoms with Gasteiger partial charge >= 0.3 is 5.97 Å². The van der Waals surface area contributed by atoms with Gasteiger partial charge in [-0.25, -0.2) is 0 Å². The van der Waals surface area contributed by atoms with Crippen LogP contribution in [0.4, 0.5) is 0 Å². The minimum absolute atomic E-state index is 0.0345. The second kappa shape index (κ2) is 5.87. The zero-order chi connectivity index (χ0) is 16.0. The summed E-state index contributed by atoms with van der Waals surface area (Å²) in [5.41, 5.74) is 1.10. The van der Waals surface area contributed by atoms with Crippen molar-refractivity contribution >= 4 is 5.97 Å². The van der Waals surface area contributed by atoms with Crippen LogP contribution in [-0.2, 0) is 30.4 Å². The number of methoxy groups -OCH3 is 1. The van der Waals surface area contributed by atoms with Crippen molar-refractivity contribution in [1.82, 2.24) is 5.06 Å².